The third-order valence-electron chi connectivity index (χ3n) is 4.43. The zero-order valence-electron chi connectivity index (χ0n) is 15.0. The largest absolute Gasteiger partial charge is 0.396 e. The van der Waals surface area contributed by atoms with E-state index in [1.54, 1.807) is 0 Å². The molecule has 1 saturated heterocycles. The van der Waals surface area contributed by atoms with Crippen LogP contribution in [0.3, 0.4) is 0 Å². The van der Waals surface area contributed by atoms with Gasteiger partial charge in [0.1, 0.15) is 36.6 Å². The molecule has 11 heteroatoms. The second-order valence-corrected chi connectivity index (χ2v) is 6.28. The summed E-state index contributed by atoms with van der Waals surface area (Å²) < 4.78 is 20.8. The summed E-state index contributed by atoms with van der Waals surface area (Å²) in [6.45, 7) is 0.434. The monoisotopic (exact) mass is 386 g/mol. The van der Waals surface area contributed by atoms with Crippen LogP contribution in [0.2, 0.25) is 0 Å². The third-order valence-corrected chi connectivity index (χ3v) is 4.43. The number of aliphatic hydroxyl groups is 7. The van der Waals surface area contributed by atoms with E-state index in [-0.39, 0.29) is 0 Å². The van der Waals surface area contributed by atoms with E-state index in [0.29, 0.717) is 0 Å². The van der Waals surface area contributed by atoms with Crippen LogP contribution in [0.15, 0.2) is 0 Å². The molecule has 0 radical (unpaired) electrons. The zero-order chi connectivity index (χ0) is 20.0. The molecule has 7 N–H and O–H groups in total. The Kier molecular flexibility index (Phi) is 9.79. The second kappa shape index (κ2) is 10.8. The summed E-state index contributed by atoms with van der Waals surface area (Å²) in [5.41, 5.74) is 0. The highest BCUT2D eigenvalue weighted by molar-refractivity contribution is 4.91. The van der Waals surface area contributed by atoms with Crippen LogP contribution in [0, 0.1) is 5.92 Å². The van der Waals surface area contributed by atoms with E-state index in [9.17, 15) is 30.6 Å². The van der Waals surface area contributed by atoms with Crippen LogP contribution in [0.4, 0.5) is 0 Å². The molecule has 0 aromatic heterocycles. The van der Waals surface area contributed by atoms with Crippen molar-refractivity contribution in [2.75, 3.05) is 27.4 Å². The highest BCUT2D eigenvalue weighted by atomic mass is 16.7. The number of hydrogen-bond donors (Lipinski definition) is 7. The van der Waals surface area contributed by atoms with Crippen molar-refractivity contribution in [2.45, 2.75) is 62.2 Å². The molecule has 0 aliphatic carbocycles. The summed E-state index contributed by atoms with van der Waals surface area (Å²) in [6.07, 6.45) is -13.3. The smallest absolute Gasteiger partial charge is 0.187 e. The molecule has 0 aromatic carbocycles. The van der Waals surface area contributed by atoms with E-state index < -0.39 is 74.4 Å². The first-order chi connectivity index (χ1) is 12.2. The summed E-state index contributed by atoms with van der Waals surface area (Å²) in [5, 5.41) is 68.6. The third kappa shape index (κ3) is 5.30. The Labute approximate surface area is 151 Å². The summed E-state index contributed by atoms with van der Waals surface area (Å²) in [4.78, 5) is 0. The van der Waals surface area contributed by atoms with Gasteiger partial charge in [0.2, 0.25) is 0 Å². The van der Waals surface area contributed by atoms with Crippen LogP contribution in [0.5, 0.6) is 0 Å². The molecule has 9 atom stereocenters. The zero-order valence-corrected chi connectivity index (χ0v) is 15.0. The molecule has 1 aliphatic heterocycles. The van der Waals surface area contributed by atoms with E-state index >= 15 is 0 Å². The van der Waals surface area contributed by atoms with Crippen LogP contribution in [-0.2, 0) is 18.9 Å². The first kappa shape index (κ1) is 23.6. The van der Waals surface area contributed by atoms with Crippen molar-refractivity contribution in [1.29, 1.82) is 0 Å². The Morgan fingerprint density at radius 3 is 1.96 bits per heavy atom. The Hall–Kier alpha value is -0.440. The van der Waals surface area contributed by atoms with Gasteiger partial charge < -0.3 is 54.7 Å². The quantitative estimate of drug-likeness (QED) is 0.183. The van der Waals surface area contributed by atoms with Gasteiger partial charge in [-0.1, -0.05) is 6.92 Å². The first-order valence-corrected chi connectivity index (χ1v) is 8.21. The second-order valence-electron chi connectivity index (χ2n) is 6.28. The van der Waals surface area contributed by atoms with Gasteiger partial charge in [0.25, 0.3) is 0 Å². The van der Waals surface area contributed by atoms with Crippen molar-refractivity contribution in [1.82, 2.24) is 0 Å². The Balaban J connectivity index is 3.00. The molecule has 1 fully saturated rings. The number of rotatable bonds is 10. The van der Waals surface area contributed by atoms with Crippen LogP contribution < -0.4 is 0 Å². The number of methoxy groups -OCH3 is 2. The molecule has 0 saturated carbocycles. The molecule has 0 bridgehead atoms. The van der Waals surface area contributed by atoms with Gasteiger partial charge in [-0.2, -0.15) is 0 Å². The van der Waals surface area contributed by atoms with Crippen LogP contribution >= 0.6 is 0 Å². The molecule has 1 rings (SSSR count). The number of hydrogen-bond acceptors (Lipinski definition) is 11. The van der Waals surface area contributed by atoms with Crippen molar-refractivity contribution in [3.8, 4) is 0 Å². The fraction of sp³-hybridized carbons (Fsp3) is 1.00. The van der Waals surface area contributed by atoms with E-state index in [0.717, 1.165) is 0 Å². The SMILES string of the molecule is COC(OC)C(OC1OC(CO)C(O)C(O)C1O)C(O)C(O)C(C)CO. The van der Waals surface area contributed by atoms with Crippen molar-refractivity contribution in [3.63, 3.8) is 0 Å². The average Bonchev–Trinajstić information content (AvgIpc) is 2.66. The first-order valence-electron chi connectivity index (χ1n) is 8.21. The van der Waals surface area contributed by atoms with Gasteiger partial charge in [-0.3, -0.25) is 0 Å². The van der Waals surface area contributed by atoms with Gasteiger partial charge in [0, 0.05) is 26.7 Å². The fourth-order valence-corrected chi connectivity index (χ4v) is 2.64. The minimum Gasteiger partial charge on any atom is -0.396 e. The Morgan fingerprint density at radius 1 is 0.923 bits per heavy atom. The predicted octanol–water partition coefficient (Wildman–Crippen LogP) is -3.86. The number of aliphatic hydroxyl groups excluding tert-OH is 7. The molecule has 11 nitrogen and oxygen atoms in total. The highest BCUT2D eigenvalue weighted by Crippen LogP contribution is 2.26. The predicted molar refractivity (Wildman–Crippen MR) is 84.7 cm³/mol. The van der Waals surface area contributed by atoms with Crippen molar-refractivity contribution in [2.24, 2.45) is 5.92 Å². The summed E-state index contributed by atoms with van der Waals surface area (Å²) in [7, 11) is 2.51. The lowest BCUT2D eigenvalue weighted by Crippen LogP contribution is -2.61. The van der Waals surface area contributed by atoms with Crippen molar-refractivity contribution < 1.29 is 54.7 Å². The lowest BCUT2D eigenvalue weighted by molar-refractivity contribution is -0.341. The van der Waals surface area contributed by atoms with Crippen LogP contribution in [-0.4, -0.2) is 118 Å². The lowest BCUT2D eigenvalue weighted by atomic mass is 9.96. The molecule has 0 amide bonds. The molecule has 1 aliphatic rings. The Morgan fingerprint density at radius 2 is 1.50 bits per heavy atom. The molecule has 0 aromatic rings. The van der Waals surface area contributed by atoms with E-state index in [1.165, 1.54) is 21.1 Å². The van der Waals surface area contributed by atoms with Crippen molar-refractivity contribution in [3.05, 3.63) is 0 Å². The van der Waals surface area contributed by atoms with Gasteiger partial charge in [-0.25, -0.2) is 0 Å². The van der Waals surface area contributed by atoms with Crippen LogP contribution in [0.1, 0.15) is 6.92 Å². The van der Waals surface area contributed by atoms with E-state index in [4.69, 9.17) is 24.1 Å². The topological polar surface area (TPSA) is 179 Å². The molecule has 156 valence electrons. The minimum absolute atomic E-state index is 0.407. The fourth-order valence-electron chi connectivity index (χ4n) is 2.64. The highest BCUT2D eigenvalue weighted by Gasteiger charge is 2.47. The summed E-state index contributed by atoms with van der Waals surface area (Å²) in [6, 6.07) is 0. The van der Waals surface area contributed by atoms with E-state index in [2.05, 4.69) is 0 Å². The lowest BCUT2D eigenvalue weighted by Gasteiger charge is -2.42. The minimum atomic E-state index is -1.70. The molecule has 0 spiro atoms. The van der Waals surface area contributed by atoms with E-state index in [1.807, 2.05) is 0 Å². The van der Waals surface area contributed by atoms with Crippen molar-refractivity contribution >= 4 is 0 Å². The maximum Gasteiger partial charge on any atom is 0.187 e. The normalized spacial score (nSPS) is 34.5. The molecular formula is C15H30O11. The summed E-state index contributed by atoms with van der Waals surface area (Å²) in [5.74, 6) is -0.708. The number of ether oxygens (including phenoxy) is 4. The van der Waals surface area contributed by atoms with Gasteiger partial charge >= 0.3 is 0 Å². The van der Waals surface area contributed by atoms with Gasteiger partial charge in [0.15, 0.2) is 12.6 Å². The summed E-state index contributed by atoms with van der Waals surface area (Å²) >= 11 is 0. The molecule has 9 unspecified atom stereocenters. The van der Waals surface area contributed by atoms with Crippen LogP contribution in [0.25, 0.3) is 0 Å². The average molecular weight is 386 g/mol. The van der Waals surface area contributed by atoms with Gasteiger partial charge in [0.05, 0.1) is 12.7 Å². The molecule has 1 heterocycles. The maximum absolute atomic E-state index is 10.4. The van der Waals surface area contributed by atoms with Gasteiger partial charge in [-0.15, -0.1) is 0 Å². The maximum atomic E-state index is 10.4. The van der Waals surface area contributed by atoms with Gasteiger partial charge in [-0.05, 0) is 0 Å². The molecule has 26 heavy (non-hydrogen) atoms. The molecular weight excluding hydrogens is 356 g/mol. The Bertz CT molecular complexity index is 392. The standard InChI is InChI=1S/C15H30O11/c1-6(4-16)8(18)11(21)13(15(23-2)24-3)26-14-12(22)10(20)9(19)7(5-17)25-14/h6-22H,4-5H2,1-3H3.